The van der Waals surface area contributed by atoms with E-state index < -0.39 is 0 Å². The molecule has 2 heterocycles. The van der Waals surface area contributed by atoms with Gasteiger partial charge in [0.1, 0.15) is 11.6 Å². The molecule has 0 saturated heterocycles. The van der Waals surface area contributed by atoms with Crippen LogP contribution in [0, 0.1) is 0 Å². The molecule has 3 rings (SSSR count). The second-order valence-corrected chi connectivity index (χ2v) is 5.49. The van der Waals surface area contributed by atoms with Gasteiger partial charge >= 0.3 is 0 Å². The van der Waals surface area contributed by atoms with Crippen molar-refractivity contribution in [3.63, 3.8) is 0 Å². The number of nitrogens with two attached hydrogens (primary N) is 1. The first-order valence-corrected chi connectivity index (χ1v) is 7.23. The molecule has 1 aliphatic heterocycles. The van der Waals surface area contributed by atoms with Crippen molar-refractivity contribution < 1.29 is 4.74 Å². The van der Waals surface area contributed by atoms with E-state index in [-0.39, 0.29) is 6.04 Å². The zero-order chi connectivity index (χ0) is 14.1. The largest absolute Gasteiger partial charge is 0.494 e. The smallest absolute Gasteiger partial charge is 0.119 e. The van der Waals surface area contributed by atoms with E-state index >= 15 is 0 Å². The molecule has 1 aliphatic rings. The Morgan fingerprint density at radius 3 is 2.80 bits per heavy atom. The third-order valence-electron chi connectivity index (χ3n) is 3.80. The summed E-state index contributed by atoms with van der Waals surface area (Å²) in [5.74, 6) is 2.47. The highest BCUT2D eigenvalue weighted by Crippen LogP contribution is 2.29. The number of nitrogens with zero attached hydrogens (tertiary/aromatic N) is 2. The Morgan fingerprint density at radius 1 is 1.35 bits per heavy atom. The molecule has 0 saturated carbocycles. The molecule has 0 bridgehead atoms. The summed E-state index contributed by atoms with van der Waals surface area (Å²) in [7, 11) is 0. The molecule has 4 heteroatoms. The van der Waals surface area contributed by atoms with E-state index in [0.717, 1.165) is 35.8 Å². The highest BCUT2D eigenvalue weighted by atomic mass is 16.5. The predicted octanol–water partition coefficient (Wildman–Crippen LogP) is 2.78. The van der Waals surface area contributed by atoms with Gasteiger partial charge in [0, 0.05) is 30.3 Å². The van der Waals surface area contributed by atoms with Gasteiger partial charge < -0.3 is 15.0 Å². The summed E-state index contributed by atoms with van der Waals surface area (Å²) in [6.07, 6.45) is 3.13. The molecular formula is C16H21N3O. The van der Waals surface area contributed by atoms with Gasteiger partial charge in [-0.2, -0.15) is 0 Å². The maximum Gasteiger partial charge on any atom is 0.119 e. The van der Waals surface area contributed by atoms with Crippen LogP contribution in [-0.2, 0) is 6.54 Å². The van der Waals surface area contributed by atoms with Crippen molar-refractivity contribution in [3.05, 3.63) is 36.3 Å². The Bertz CT molecular complexity index is 588. The molecule has 2 aromatic rings. The standard InChI is InChI=1S/C16H21N3O/c1-3-20-14-6-4-12(5-7-14)15-10-19-9-13(17)8-11(2)16(19)18-15/h4-7,10-11,13H,3,8-9,17H2,1-2H3. The third-order valence-corrected chi connectivity index (χ3v) is 3.80. The molecule has 0 radical (unpaired) electrons. The molecule has 0 fully saturated rings. The van der Waals surface area contributed by atoms with E-state index in [1.165, 1.54) is 0 Å². The summed E-state index contributed by atoms with van der Waals surface area (Å²) in [5.41, 5.74) is 8.21. The minimum atomic E-state index is 0.236. The van der Waals surface area contributed by atoms with Crippen molar-refractivity contribution in [3.8, 4) is 17.0 Å². The van der Waals surface area contributed by atoms with Crippen LogP contribution in [0.15, 0.2) is 30.5 Å². The molecule has 2 unspecified atom stereocenters. The van der Waals surface area contributed by atoms with Crippen molar-refractivity contribution in [1.82, 2.24) is 9.55 Å². The predicted molar refractivity (Wildman–Crippen MR) is 79.8 cm³/mol. The molecule has 1 aromatic carbocycles. The second kappa shape index (κ2) is 5.29. The van der Waals surface area contributed by atoms with Crippen molar-refractivity contribution >= 4 is 0 Å². The first kappa shape index (κ1) is 13.2. The first-order chi connectivity index (χ1) is 9.67. The minimum Gasteiger partial charge on any atom is -0.494 e. The molecule has 4 nitrogen and oxygen atoms in total. The van der Waals surface area contributed by atoms with Gasteiger partial charge in [-0.15, -0.1) is 0 Å². The van der Waals surface area contributed by atoms with Gasteiger partial charge in [0.05, 0.1) is 12.3 Å². The third kappa shape index (κ3) is 2.43. The SMILES string of the molecule is CCOc1ccc(-c2cn3c(n2)C(C)CC(N)C3)cc1. The molecule has 106 valence electrons. The lowest BCUT2D eigenvalue weighted by atomic mass is 9.98. The van der Waals surface area contributed by atoms with Crippen LogP contribution in [0.1, 0.15) is 32.0 Å². The molecule has 2 N–H and O–H groups in total. The Hall–Kier alpha value is -1.81. The van der Waals surface area contributed by atoms with Crippen molar-refractivity contribution in [1.29, 1.82) is 0 Å². The molecule has 20 heavy (non-hydrogen) atoms. The van der Waals surface area contributed by atoms with Gasteiger partial charge in [0.2, 0.25) is 0 Å². The van der Waals surface area contributed by atoms with E-state index in [1.54, 1.807) is 0 Å². The second-order valence-electron chi connectivity index (χ2n) is 5.49. The number of aromatic nitrogens is 2. The van der Waals surface area contributed by atoms with E-state index in [0.29, 0.717) is 12.5 Å². The number of imidazole rings is 1. The molecule has 0 aliphatic carbocycles. The molecule has 2 atom stereocenters. The van der Waals surface area contributed by atoms with Crippen molar-refractivity contribution in [2.24, 2.45) is 5.73 Å². The van der Waals surface area contributed by atoms with Crippen molar-refractivity contribution in [2.75, 3.05) is 6.61 Å². The van der Waals surface area contributed by atoms with Crippen LogP contribution >= 0.6 is 0 Å². The van der Waals surface area contributed by atoms with Crippen LogP contribution in [0.3, 0.4) is 0 Å². The fourth-order valence-corrected chi connectivity index (χ4v) is 2.88. The average Bonchev–Trinajstić information content (AvgIpc) is 2.84. The van der Waals surface area contributed by atoms with E-state index in [2.05, 4.69) is 29.8 Å². The number of rotatable bonds is 3. The Morgan fingerprint density at radius 2 is 2.10 bits per heavy atom. The summed E-state index contributed by atoms with van der Waals surface area (Å²) >= 11 is 0. The molecular weight excluding hydrogens is 250 g/mol. The van der Waals surface area contributed by atoms with E-state index in [9.17, 15) is 0 Å². The zero-order valence-electron chi connectivity index (χ0n) is 12.0. The van der Waals surface area contributed by atoms with Crippen LogP contribution in [0.2, 0.25) is 0 Å². The maximum absolute atomic E-state index is 6.08. The summed E-state index contributed by atoms with van der Waals surface area (Å²) in [5, 5.41) is 0. The van der Waals surface area contributed by atoms with Crippen LogP contribution in [0.5, 0.6) is 5.75 Å². The van der Waals surface area contributed by atoms with Gasteiger partial charge in [-0.1, -0.05) is 6.92 Å². The molecule has 0 amide bonds. The van der Waals surface area contributed by atoms with Gasteiger partial charge in [-0.25, -0.2) is 4.98 Å². The number of fused-ring (bicyclic) bond motifs is 1. The highest BCUT2D eigenvalue weighted by Gasteiger charge is 2.24. The van der Waals surface area contributed by atoms with E-state index in [1.807, 2.05) is 19.1 Å². The van der Waals surface area contributed by atoms with Gasteiger partial charge in [-0.05, 0) is 37.6 Å². The minimum absolute atomic E-state index is 0.236. The first-order valence-electron chi connectivity index (χ1n) is 7.23. The zero-order valence-corrected chi connectivity index (χ0v) is 12.0. The number of hydrogen-bond donors (Lipinski definition) is 1. The van der Waals surface area contributed by atoms with Gasteiger partial charge in [0.15, 0.2) is 0 Å². The quantitative estimate of drug-likeness (QED) is 0.934. The van der Waals surface area contributed by atoms with Crippen LogP contribution in [0.25, 0.3) is 11.3 Å². The fraction of sp³-hybridized carbons (Fsp3) is 0.438. The number of benzene rings is 1. The van der Waals surface area contributed by atoms with E-state index in [4.69, 9.17) is 15.5 Å². The average molecular weight is 271 g/mol. The number of ether oxygens (including phenoxy) is 1. The molecule has 1 aromatic heterocycles. The summed E-state index contributed by atoms with van der Waals surface area (Å²) < 4.78 is 7.67. The Kier molecular flexibility index (Phi) is 3.49. The molecule has 0 spiro atoms. The Labute approximate surface area is 119 Å². The lowest BCUT2D eigenvalue weighted by Crippen LogP contribution is -2.33. The monoisotopic (exact) mass is 271 g/mol. The van der Waals surface area contributed by atoms with Crippen LogP contribution < -0.4 is 10.5 Å². The highest BCUT2D eigenvalue weighted by molar-refractivity contribution is 5.60. The van der Waals surface area contributed by atoms with Gasteiger partial charge in [-0.3, -0.25) is 0 Å². The lowest BCUT2D eigenvalue weighted by Gasteiger charge is -2.25. The summed E-state index contributed by atoms with van der Waals surface area (Å²) in [4.78, 5) is 4.78. The maximum atomic E-state index is 6.08. The topological polar surface area (TPSA) is 53.1 Å². The summed E-state index contributed by atoms with van der Waals surface area (Å²) in [6.45, 7) is 5.74. The fourth-order valence-electron chi connectivity index (χ4n) is 2.88. The summed E-state index contributed by atoms with van der Waals surface area (Å²) in [6, 6.07) is 8.34. The van der Waals surface area contributed by atoms with Crippen LogP contribution in [-0.4, -0.2) is 22.2 Å². The van der Waals surface area contributed by atoms with Gasteiger partial charge in [0.25, 0.3) is 0 Å². The Balaban J connectivity index is 1.89. The van der Waals surface area contributed by atoms with Crippen LogP contribution in [0.4, 0.5) is 0 Å². The lowest BCUT2D eigenvalue weighted by molar-refractivity contribution is 0.340. The number of hydrogen-bond acceptors (Lipinski definition) is 3. The van der Waals surface area contributed by atoms with Crippen molar-refractivity contribution in [2.45, 2.75) is 38.8 Å². The normalized spacial score (nSPS) is 21.6.